The topological polar surface area (TPSA) is 202 Å². The number of carboxylic acid groups (broad SMARTS) is 1. The SMILES string of the molecule is CCCCOCCNC[C@@H](O)[C@@H](O)[C@@H]1OC(C(=O)O)=C[C@H](N=C(N)N)[C@H]1NC(C)=O. The van der Waals surface area contributed by atoms with Gasteiger partial charge in [0.2, 0.25) is 11.7 Å². The van der Waals surface area contributed by atoms with Gasteiger partial charge in [-0.05, 0) is 12.5 Å². The summed E-state index contributed by atoms with van der Waals surface area (Å²) in [5.41, 5.74) is 10.8. The number of amides is 1. The highest BCUT2D eigenvalue weighted by Gasteiger charge is 2.43. The number of nitrogens with one attached hydrogen (secondary N) is 2. The van der Waals surface area contributed by atoms with Gasteiger partial charge in [-0.15, -0.1) is 0 Å². The number of carbonyl (C=O) groups excluding carboxylic acids is 1. The molecule has 9 N–H and O–H groups in total. The Bertz CT molecular complexity index is 624. The molecule has 0 radical (unpaired) electrons. The predicted molar refractivity (Wildman–Crippen MR) is 108 cm³/mol. The van der Waals surface area contributed by atoms with E-state index in [4.69, 9.17) is 20.9 Å². The van der Waals surface area contributed by atoms with Gasteiger partial charge in [-0.25, -0.2) is 9.79 Å². The highest BCUT2D eigenvalue weighted by Crippen LogP contribution is 2.24. The second kappa shape index (κ2) is 13.0. The number of nitrogens with two attached hydrogens (primary N) is 2. The minimum Gasteiger partial charge on any atom is -0.478 e. The lowest BCUT2D eigenvalue weighted by Crippen LogP contribution is -2.60. The zero-order chi connectivity index (χ0) is 22.7. The lowest BCUT2D eigenvalue weighted by atomic mass is 9.92. The van der Waals surface area contributed by atoms with E-state index in [0.717, 1.165) is 18.9 Å². The number of guanidine groups is 1. The number of rotatable bonds is 13. The molecule has 0 saturated heterocycles. The molecule has 0 aliphatic carbocycles. The molecule has 30 heavy (non-hydrogen) atoms. The van der Waals surface area contributed by atoms with Gasteiger partial charge in [0.15, 0.2) is 5.96 Å². The van der Waals surface area contributed by atoms with E-state index >= 15 is 0 Å². The predicted octanol–water partition coefficient (Wildman–Crippen LogP) is -2.37. The van der Waals surface area contributed by atoms with Crippen molar-refractivity contribution in [3.63, 3.8) is 0 Å². The highest BCUT2D eigenvalue weighted by molar-refractivity contribution is 5.85. The van der Waals surface area contributed by atoms with Crippen LogP contribution in [-0.2, 0) is 19.1 Å². The number of carboxylic acids is 1. The van der Waals surface area contributed by atoms with Crippen LogP contribution in [0.4, 0.5) is 0 Å². The molecule has 0 unspecified atom stereocenters. The molecule has 0 spiro atoms. The molecule has 1 amide bonds. The summed E-state index contributed by atoms with van der Waals surface area (Å²) in [6.45, 7) is 4.82. The number of carbonyl (C=O) groups is 2. The summed E-state index contributed by atoms with van der Waals surface area (Å²) >= 11 is 0. The Morgan fingerprint density at radius 2 is 2.03 bits per heavy atom. The van der Waals surface area contributed by atoms with Crippen molar-refractivity contribution in [1.82, 2.24) is 10.6 Å². The fraction of sp³-hybridized carbons (Fsp3) is 0.722. The Kier molecular flexibility index (Phi) is 11.1. The van der Waals surface area contributed by atoms with Crippen LogP contribution in [0.1, 0.15) is 26.7 Å². The Hall–Kier alpha value is -2.41. The zero-order valence-corrected chi connectivity index (χ0v) is 17.3. The first-order valence-corrected chi connectivity index (χ1v) is 9.79. The van der Waals surface area contributed by atoms with Gasteiger partial charge >= 0.3 is 5.97 Å². The lowest BCUT2D eigenvalue weighted by Gasteiger charge is -2.38. The highest BCUT2D eigenvalue weighted by atomic mass is 16.5. The Labute approximate surface area is 175 Å². The number of aliphatic hydroxyl groups is 2. The van der Waals surface area contributed by atoms with Crippen LogP contribution >= 0.6 is 0 Å². The van der Waals surface area contributed by atoms with E-state index in [0.29, 0.717) is 19.8 Å². The molecule has 12 heteroatoms. The molecule has 0 aromatic rings. The van der Waals surface area contributed by atoms with Gasteiger partial charge in [0, 0.05) is 26.6 Å². The first-order chi connectivity index (χ1) is 14.2. The number of aliphatic imine (C=N–C) groups is 1. The number of ether oxygens (including phenoxy) is 2. The normalized spacial score (nSPS) is 22.9. The minimum absolute atomic E-state index is 0.00988. The second-order valence-electron chi connectivity index (χ2n) is 6.92. The van der Waals surface area contributed by atoms with E-state index in [9.17, 15) is 24.9 Å². The summed E-state index contributed by atoms with van der Waals surface area (Å²) in [6.07, 6.45) is -1.06. The quantitative estimate of drug-likeness (QED) is 0.0938. The molecular formula is C18H33N5O7. The molecule has 1 heterocycles. The van der Waals surface area contributed by atoms with Crippen LogP contribution in [0, 0.1) is 0 Å². The third kappa shape index (κ3) is 8.53. The van der Waals surface area contributed by atoms with E-state index in [1.807, 2.05) is 0 Å². The first kappa shape index (κ1) is 25.6. The second-order valence-corrected chi connectivity index (χ2v) is 6.92. The molecule has 12 nitrogen and oxygen atoms in total. The van der Waals surface area contributed by atoms with E-state index in [2.05, 4.69) is 22.5 Å². The molecule has 0 saturated carbocycles. The molecule has 1 aliphatic rings. The van der Waals surface area contributed by atoms with E-state index in [1.54, 1.807) is 0 Å². The van der Waals surface area contributed by atoms with Crippen LogP contribution in [0.15, 0.2) is 16.8 Å². The van der Waals surface area contributed by atoms with Crippen LogP contribution in [0.5, 0.6) is 0 Å². The molecule has 1 aliphatic heterocycles. The number of unbranched alkanes of at least 4 members (excludes halogenated alkanes) is 1. The van der Waals surface area contributed by atoms with Gasteiger partial charge in [-0.2, -0.15) is 0 Å². The molecule has 172 valence electrons. The standard InChI is InChI=1S/C18H33N5O7/c1-3-4-6-29-7-5-21-9-12(25)15(26)16-14(22-10(2)24)11(23-18(19)20)8-13(30-16)17(27)28/h8,11-12,14-16,21,25-26H,3-7,9H2,1-2H3,(H,22,24)(H,27,28)(H4,19,20,23)/t11-,12+,14+,15+,16+/m0/s1. The van der Waals surface area contributed by atoms with Crippen LogP contribution in [-0.4, -0.2) is 89.9 Å². The molecule has 0 bridgehead atoms. The van der Waals surface area contributed by atoms with Crippen molar-refractivity contribution in [2.24, 2.45) is 16.5 Å². The molecule has 0 aromatic carbocycles. The first-order valence-electron chi connectivity index (χ1n) is 9.79. The summed E-state index contributed by atoms with van der Waals surface area (Å²) in [4.78, 5) is 27.0. The van der Waals surface area contributed by atoms with Crippen molar-refractivity contribution in [2.45, 2.75) is 57.1 Å². The Morgan fingerprint density at radius 3 is 2.60 bits per heavy atom. The van der Waals surface area contributed by atoms with E-state index in [-0.39, 0.29) is 12.5 Å². The summed E-state index contributed by atoms with van der Waals surface area (Å²) in [5.74, 6) is -2.71. The Balaban J connectivity index is 2.84. The van der Waals surface area contributed by atoms with Crippen molar-refractivity contribution >= 4 is 17.8 Å². The maximum Gasteiger partial charge on any atom is 0.370 e. The van der Waals surface area contributed by atoms with Crippen LogP contribution < -0.4 is 22.1 Å². The maximum atomic E-state index is 11.6. The molecule has 0 fully saturated rings. The van der Waals surface area contributed by atoms with Gasteiger partial charge in [0.25, 0.3) is 0 Å². The molecular weight excluding hydrogens is 398 g/mol. The number of aliphatic hydroxyl groups excluding tert-OH is 2. The zero-order valence-electron chi connectivity index (χ0n) is 17.3. The average molecular weight is 431 g/mol. The summed E-state index contributed by atoms with van der Waals surface area (Å²) in [5, 5.41) is 35.8. The molecule has 0 aromatic heterocycles. The van der Waals surface area contributed by atoms with E-state index in [1.165, 1.54) is 6.92 Å². The summed E-state index contributed by atoms with van der Waals surface area (Å²) in [6, 6.07) is -2.01. The van der Waals surface area contributed by atoms with Gasteiger partial charge in [-0.1, -0.05) is 13.3 Å². The van der Waals surface area contributed by atoms with Crippen molar-refractivity contribution < 1.29 is 34.4 Å². The number of hydrogen-bond acceptors (Lipinski definition) is 8. The Morgan fingerprint density at radius 1 is 1.33 bits per heavy atom. The average Bonchev–Trinajstić information content (AvgIpc) is 2.66. The largest absolute Gasteiger partial charge is 0.478 e. The maximum absolute atomic E-state index is 11.6. The van der Waals surface area contributed by atoms with Crippen molar-refractivity contribution in [3.8, 4) is 0 Å². The fourth-order valence-electron chi connectivity index (χ4n) is 2.89. The van der Waals surface area contributed by atoms with Gasteiger partial charge < -0.3 is 46.9 Å². The van der Waals surface area contributed by atoms with Gasteiger partial charge in [-0.3, -0.25) is 4.79 Å². The summed E-state index contributed by atoms with van der Waals surface area (Å²) in [7, 11) is 0. The molecule has 1 rings (SSSR count). The third-order valence-electron chi connectivity index (χ3n) is 4.34. The minimum atomic E-state index is -1.55. The van der Waals surface area contributed by atoms with E-state index < -0.39 is 48.0 Å². The third-order valence-corrected chi connectivity index (χ3v) is 4.34. The van der Waals surface area contributed by atoms with Crippen LogP contribution in [0.25, 0.3) is 0 Å². The van der Waals surface area contributed by atoms with Crippen molar-refractivity contribution in [2.75, 3.05) is 26.3 Å². The van der Waals surface area contributed by atoms with Crippen LogP contribution in [0.2, 0.25) is 0 Å². The smallest absolute Gasteiger partial charge is 0.370 e. The van der Waals surface area contributed by atoms with Crippen molar-refractivity contribution in [1.29, 1.82) is 0 Å². The number of hydrogen-bond donors (Lipinski definition) is 7. The van der Waals surface area contributed by atoms with Gasteiger partial charge in [0.05, 0.1) is 24.8 Å². The van der Waals surface area contributed by atoms with Crippen molar-refractivity contribution in [3.05, 3.63) is 11.8 Å². The number of aliphatic carboxylic acids is 1. The monoisotopic (exact) mass is 431 g/mol. The number of nitrogens with zero attached hydrogens (tertiary/aromatic N) is 1. The fourth-order valence-corrected chi connectivity index (χ4v) is 2.89. The summed E-state index contributed by atoms with van der Waals surface area (Å²) < 4.78 is 10.8. The lowest BCUT2D eigenvalue weighted by molar-refractivity contribution is -0.144. The van der Waals surface area contributed by atoms with Gasteiger partial charge in [0.1, 0.15) is 12.2 Å². The van der Waals surface area contributed by atoms with Crippen LogP contribution in [0.3, 0.4) is 0 Å². The molecule has 5 atom stereocenters.